The molecule has 0 aliphatic carbocycles. The monoisotopic (exact) mass is 387 g/mol. The molecule has 2 aromatic carbocycles. The molecule has 2 aromatic rings. The van der Waals surface area contributed by atoms with Gasteiger partial charge in [0, 0.05) is 6.07 Å². The standard InChI is InChI=1S/C19H18FN3O5/c1-19(12-6-8-14(27-2)9-7-12)17(25)23(18(26)21-19)22-16(24)11-28-15-5-3-4-13(20)10-15/h3-10H,11H2,1-2H3,(H,21,26)(H,22,24)/t19-/m1/s1. The normalized spacial score (nSPS) is 18.6. The molecule has 0 radical (unpaired) electrons. The summed E-state index contributed by atoms with van der Waals surface area (Å²) in [7, 11) is 1.52. The highest BCUT2D eigenvalue weighted by Gasteiger charge is 2.50. The van der Waals surface area contributed by atoms with Crippen molar-refractivity contribution >= 4 is 17.8 Å². The minimum absolute atomic E-state index is 0.149. The highest BCUT2D eigenvalue weighted by atomic mass is 19.1. The van der Waals surface area contributed by atoms with Crippen molar-refractivity contribution in [2.24, 2.45) is 0 Å². The Morgan fingerprint density at radius 3 is 2.54 bits per heavy atom. The molecule has 28 heavy (non-hydrogen) atoms. The van der Waals surface area contributed by atoms with Crippen LogP contribution >= 0.6 is 0 Å². The van der Waals surface area contributed by atoms with Gasteiger partial charge in [-0.1, -0.05) is 18.2 Å². The molecule has 0 bridgehead atoms. The number of nitrogens with zero attached hydrogens (tertiary/aromatic N) is 1. The molecule has 0 saturated carbocycles. The minimum atomic E-state index is -1.35. The van der Waals surface area contributed by atoms with E-state index in [9.17, 15) is 18.8 Å². The van der Waals surface area contributed by atoms with Crippen molar-refractivity contribution < 1.29 is 28.2 Å². The van der Waals surface area contributed by atoms with E-state index in [0.29, 0.717) is 16.3 Å². The van der Waals surface area contributed by atoms with Crippen LogP contribution in [0.2, 0.25) is 0 Å². The Bertz CT molecular complexity index is 918. The number of halogens is 1. The van der Waals surface area contributed by atoms with Gasteiger partial charge in [0.2, 0.25) is 0 Å². The molecular weight excluding hydrogens is 369 g/mol. The Morgan fingerprint density at radius 2 is 1.89 bits per heavy atom. The fraction of sp³-hybridized carbons (Fsp3) is 0.211. The topological polar surface area (TPSA) is 97.0 Å². The third-order valence-electron chi connectivity index (χ3n) is 4.26. The number of rotatable bonds is 6. The van der Waals surface area contributed by atoms with Crippen LogP contribution in [0.3, 0.4) is 0 Å². The number of hydrogen-bond acceptors (Lipinski definition) is 5. The number of amides is 4. The molecule has 1 saturated heterocycles. The van der Waals surface area contributed by atoms with Crippen LogP contribution in [0.5, 0.6) is 11.5 Å². The summed E-state index contributed by atoms with van der Waals surface area (Å²) in [6, 6.07) is 11.1. The summed E-state index contributed by atoms with van der Waals surface area (Å²) in [6.07, 6.45) is 0. The number of hydrogen-bond donors (Lipinski definition) is 2. The van der Waals surface area contributed by atoms with Gasteiger partial charge in [-0.25, -0.2) is 9.18 Å². The van der Waals surface area contributed by atoms with Crippen LogP contribution in [0, 0.1) is 5.82 Å². The molecule has 1 aliphatic heterocycles. The summed E-state index contributed by atoms with van der Waals surface area (Å²) in [4.78, 5) is 37.0. The van der Waals surface area contributed by atoms with E-state index in [1.54, 1.807) is 24.3 Å². The second kappa shape index (κ2) is 7.55. The largest absolute Gasteiger partial charge is 0.497 e. The first-order valence-electron chi connectivity index (χ1n) is 8.32. The summed E-state index contributed by atoms with van der Waals surface area (Å²) in [5.41, 5.74) is 1.38. The summed E-state index contributed by atoms with van der Waals surface area (Å²) in [5.74, 6) is -1.16. The van der Waals surface area contributed by atoms with Crippen LogP contribution in [-0.4, -0.2) is 36.6 Å². The SMILES string of the molecule is COc1ccc([C@@]2(C)NC(=O)N(NC(=O)COc3cccc(F)c3)C2=O)cc1. The molecule has 9 heteroatoms. The molecule has 0 unspecified atom stereocenters. The predicted octanol–water partition coefficient (Wildman–Crippen LogP) is 1.71. The van der Waals surface area contributed by atoms with Crippen LogP contribution in [-0.2, 0) is 15.1 Å². The minimum Gasteiger partial charge on any atom is -0.497 e. The number of methoxy groups -OCH3 is 1. The highest BCUT2D eigenvalue weighted by Crippen LogP contribution is 2.29. The van der Waals surface area contributed by atoms with Gasteiger partial charge < -0.3 is 14.8 Å². The van der Waals surface area contributed by atoms with Gasteiger partial charge in [-0.2, -0.15) is 5.01 Å². The molecule has 2 N–H and O–H groups in total. The van der Waals surface area contributed by atoms with Crippen LogP contribution in [0.1, 0.15) is 12.5 Å². The van der Waals surface area contributed by atoms with E-state index in [-0.39, 0.29) is 5.75 Å². The van der Waals surface area contributed by atoms with Crippen LogP contribution in [0.25, 0.3) is 0 Å². The second-order valence-electron chi connectivity index (χ2n) is 6.21. The summed E-state index contributed by atoms with van der Waals surface area (Å²) in [5, 5.41) is 3.16. The summed E-state index contributed by atoms with van der Waals surface area (Å²) in [6.45, 7) is 1.03. The summed E-state index contributed by atoms with van der Waals surface area (Å²) < 4.78 is 23.4. The Labute approximate surface area is 160 Å². The molecular formula is C19H18FN3O5. The van der Waals surface area contributed by atoms with Crippen molar-refractivity contribution in [3.8, 4) is 11.5 Å². The first-order valence-corrected chi connectivity index (χ1v) is 8.32. The quantitative estimate of drug-likeness (QED) is 0.736. The van der Waals surface area contributed by atoms with E-state index in [1.165, 1.54) is 32.2 Å². The summed E-state index contributed by atoms with van der Waals surface area (Å²) >= 11 is 0. The number of hydrazine groups is 1. The second-order valence-corrected chi connectivity index (χ2v) is 6.21. The average Bonchev–Trinajstić information content (AvgIpc) is 2.90. The number of carbonyl (C=O) groups is 3. The lowest BCUT2D eigenvalue weighted by Gasteiger charge is -2.22. The van der Waals surface area contributed by atoms with Gasteiger partial charge in [-0.15, -0.1) is 0 Å². The third kappa shape index (κ3) is 3.73. The number of carbonyl (C=O) groups excluding carboxylic acids is 3. The lowest BCUT2D eigenvalue weighted by atomic mass is 9.92. The van der Waals surface area contributed by atoms with Gasteiger partial charge in [0.1, 0.15) is 22.9 Å². The number of urea groups is 1. The zero-order valence-corrected chi connectivity index (χ0v) is 15.2. The van der Waals surface area contributed by atoms with E-state index < -0.39 is 35.8 Å². The zero-order valence-electron chi connectivity index (χ0n) is 15.2. The predicted molar refractivity (Wildman–Crippen MR) is 95.8 cm³/mol. The lowest BCUT2D eigenvalue weighted by Crippen LogP contribution is -2.49. The van der Waals surface area contributed by atoms with Crippen LogP contribution in [0.4, 0.5) is 9.18 Å². The van der Waals surface area contributed by atoms with Gasteiger partial charge in [0.25, 0.3) is 11.8 Å². The Balaban J connectivity index is 1.66. The Morgan fingerprint density at radius 1 is 1.18 bits per heavy atom. The fourth-order valence-corrected chi connectivity index (χ4v) is 2.72. The molecule has 1 atom stereocenters. The molecule has 146 valence electrons. The molecule has 3 rings (SSSR count). The first-order chi connectivity index (χ1) is 13.3. The maximum absolute atomic E-state index is 13.1. The first kappa shape index (κ1) is 19.2. The van der Waals surface area contributed by atoms with E-state index in [4.69, 9.17) is 9.47 Å². The molecule has 1 fully saturated rings. The molecule has 8 nitrogen and oxygen atoms in total. The van der Waals surface area contributed by atoms with Crippen molar-refractivity contribution in [3.63, 3.8) is 0 Å². The van der Waals surface area contributed by atoms with Gasteiger partial charge in [0.05, 0.1) is 7.11 Å². The molecule has 1 heterocycles. The van der Waals surface area contributed by atoms with Crippen molar-refractivity contribution in [2.45, 2.75) is 12.5 Å². The van der Waals surface area contributed by atoms with E-state index >= 15 is 0 Å². The zero-order chi connectivity index (χ0) is 20.3. The van der Waals surface area contributed by atoms with Crippen LogP contribution in [0.15, 0.2) is 48.5 Å². The van der Waals surface area contributed by atoms with Crippen molar-refractivity contribution in [2.75, 3.05) is 13.7 Å². The van der Waals surface area contributed by atoms with E-state index in [0.717, 1.165) is 6.07 Å². The van der Waals surface area contributed by atoms with Gasteiger partial charge in [-0.3, -0.25) is 15.0 Å². The fourth-order valence-electron chi connectivity index (χ4n) is 2.72. The maximum Gasteiger partial charge on any atom is 0.344 e. The van der Waals surface area contributed by atoms with Crippen LogP contribution < -0.4 is 20.2 Å². The Hall–Kier alpha value is -3.62. The highest BCUT2D eigenvalue weighted by molar-refractivity contribution is 6.08. The molecule has 1 aliphatic rings. The van der Waals surface area contributed by atoms with E-state index in [1.807, 2.05) is 0 Å². The lowest BCUT2D eigenvalue weighted by molar-refractivity contribution is -0.139. The smallest absolute Gasteiger partial charge is 0.344 e. The Kier molecular flexibility index (Phi) is 5.16. The van der Waals surface area contributed by atoms with Crippen molar-refractivity contribution in [3.05, 3.63) is 59.9 Å². The van der Waals surface area contributed by atoms with Crippen molar-refractivity contribution in [1.82, 2.24) is 15.8 Å². The van der Waals surface area contributed by atoms with E-state index in [2.05, 4.69) is 10.7 Å². The molecule has 4 amide bonds. The van der Waals surface area contributed by atoms with Crippen molar-refractivity contribution in [1.29, 1.82) is 0 Å². The number of imide groups is 1. The third-order valence-corrected chi connectivity index (χ3v) is 4.26. The molecule has 0 spiro atoms. The number of ether oxygens (including phenoxy) is 2. The van der Waals surface area contributed by atoms with Gasteiger partial charge in [0.15, 0.2) is 6.61 Å². The maximum atomic E-state index is 13.1. The number of benzene rings is 2. The van der Waals surface area contributed by atoms with Gasteiger partial charge >= 0.3 is 6.03 Å². The average molecular weight is 387 g/mol. The molecule has 0 aromatic heterocycles. The number of nitrogens with one attached hydrogen (secondary N) is 2. The van der Waals surface area contributed by atoms with Gasteiger partial charge in [-0.05, 0) is 36.8 Å².